The van der Waals surface area contributed by atoms with E-state index in [4.69, 9.17) is 0 Å². The molecule has 0 amide bonds. The average molecular weight is 176 g/mol. The highest BCUT2D eigenvalue weighted by Crippen LogP contribution is 1.97. The van der Waals surface area contributed by atoms with Crippen LogP contribution in [-0.2, 0) is 0 Å². The Morgan fingerprint density at radius 2 is 0.900 bits per heavy atom. The van der Waals surface area contributed by atoms with E-state index in [1.165, 1.54) is 0 Å². The Morgan fingerprint density at radius 3 is 1.00 bits per heavy atom. The van der Waals surface area contributed by atoms with Gasteiger partial charge in [0.25, 0.3) is 0 Å². The quantitative estimate of drug-likeness (QED) is 0.462. The molecule has 0 aromatic carbocycles. The van der Waals surface area contributed by atoms with Crippen LogP contribution in [0.4, 0.5) is 0 Å². The summed E-state index contributed by atoms with van der Waals surface area (Å²) in [4.78, 5) is 0. The van der Waals surface area contributed by atoms with Crippen molar-refractivity contribution < 1.29 is 0 Å². The van der Waals surface area contributed by atoms with Gasteiger partial charge in [-0.15, -0.1) is 0 Å². The molecule has 4 heteroatoms. The molecule has 0 aliphatic carbocycles. The zero-order valence-electron chi connectivity index (χ0n) is 8.05. The first kappa shape index (κ1) is 10.4. The van der Waals surface area contributed by atoms with Gasteiger partial charge in [0.2, 0.25) is 0 Å². The van der Waals surface area contributed by atoms with E-state index in [1.54, 1.807) is 0 Å². The number of rotatable bonds is 3. The van der Waals surface area contributed by atoms with Crippen molar-refractivity contribution in [3.8, 4) is 0 Å². The maximum absolute atomic E-state index is 2.44. The zero-order chi connectivity index (χ0) is 8.31. The van der Waals surface area contributed by atoms with Crippen molar-refractivity contribution in [3.63, 3.8) is 0 Å². The molecule has 2 nitrogen and oxygen atoms in total. The molecule has 0 heterocycles. The van der Waals surface area contributed by atoms with Crippen LogP contribution in [0.2, 0.25) is 26.2 Å². The van der Waals surface area contributed by atoms with E-state index in [1.807, 2.05) is 0 Å². The van der Waals surface area contributed by atoms with Crippen molar-refractivity contribution in [2.24, 2.45) is 0 Å². The minimum atomic E-state index is -0.585. The molecule has 0 aliphatic rings. The second kappa shape index (κ2) is 4.28. The lowest BCUT2D eigenvalue weighted by Gasteiger charge is -2.34. The van der Waals surface area contributed by atoms with Crippen LogP contribution in [0.25, 0.3) is 0 Å². The van der Waals surface area contributed by atoms with E-state index in [2.05, 4.69) is 49.6 Å². The Labute approximate surface area is 68.2 Å². The Bertz CT molecular complexity index is 83.7. The number of nitrogens with zero attached hydrogens (tertiary/aromatic N) is 2. The van der Waals surface area contributed by atoms with E-state index in [0.29, 0.717) is 0 Å². The molecule has 0 saturated carbocycles. The molecule has 0 bridgehead atoms. The Morgan fingerprint density at radius 1 is 0.700 bits per heavy atom. The molecule has 0 fully saturated rings. The zero-order valence-corrected chi connectivity index (χ0v) is 10.4. The lowest BCUT2D eigenvalue weighted by Crippen LogP contribution is -2.49. The lowest BCUT2D eigenvalue weighted by molar-refractivity contribution is 0.231. The fourth-order valence-electron chi connectivity index (χ4n) is 0.729. The largest absolute Gasteiger partial charge is 0.277 e. The van der Waals surface area contributed by atoms with Gasteiger partial charge >= 0.3 is 0 Å². The highest BCUT2D eigenvalue weighted by molar-refractivity contribution is 6.56. The van der Waals surface area contributed by atoms with Crippen LogP contribution >= 0.6 is 0 Å². The van der Waals surface area contributed by atoms with Crippen molar-refractivity contribution in [1.82, 2.24) is 9.35 Å². The average Bonchev–Trinajstić information content (AvgIpc) is 1.84. The van der Waals surface area contributed by atoms with Crippen LogP contribution < -0.4 is 0 Å². The highest BCUT2D eigenvalue weighted by Gasteiger charge is 2.13. The lowest BCUT2D eigenvalue weighted by atomic mass is 11.4. The molecule has 0 spiro atoms. The molecule has 0 atom stereocenters. The fraction of sp³-hybridized carbons (Fsp3) is 1.00. The third-order valence-corrected chi connectivity index (χ3v) is 5.98. The minimum Gasteiger partial charge on any atom is -0.277 e. The molecule has 0 aliphatic heterocycles. The first-order valence-electron chi connectivity index (χ1n) is 3.92. The molecule has 0 unspecified atom stereocenters. The van der Waals surface area contributed by atoms with Crippen LogP contribution in [0.1, 0.15) is 0 Å². The summed E-state index contributed by atoms with van der Waals surface area (Å²) in [5.74, 6) is 0. The van der Waals surface area contributed by atoms with E-state index in [-0.39, 0.29) is 0 Å². The molecule has 0 radical (unpaired) electrons. The summed E-state index contributed by atoms with van der Waals surface area (Å²) < 4.78 is 4.88. The second-order valence-electron chi connectivity index (χ2n) is 3.33. The Balaban J connectivity index is 3.81. The van der Waals surface area contributed by atoms with Gasteiger partial charge in [-0.25, -0.2) is 0 Å². The Hall–Kier alpha value is 0.354. The van der Waals surface area contributed by atoms with Gasteiger partial charge < -0.3 is 0 Å². The molecular formula is C6H20N2Si2. The molecule has 0 aromatic rings. The predicted octanol–water partition coefficient (Wildman–Crippen LogP) is 0.732. The van der Waals surface area contributed by atoms with Crippen molar-refractivity contribution in [1.29, 1.82) is 0 Å². The third kappa shape index (κ3) is 2.96. The monoisotopic (exact) mass is 176 g/mol. The highest BCUT2D eigenvalue weighted by atomic mass is 28.3. The van der Waals surface area contributed by atoms with E-state index in [0.717, 1.165) is 0 Å². The summed E-state index contributed by atoms with van der Waals surface area (Å²) >= 11 is 0. The van der Waals surface area contributed by atoms with Crippen molar-refractivity contribution in [3.05, 3.63) is 0 Å². The third-order valence-electron chi connectivity index (χ3n) is 1.99. The number of hydrogen-bond acceptors (Lipinski definition) is 2. The first-order valence-corrected chi connectivity index (χ1v) is 9.57. The molecule has 0 rings (SSSR count). The van der Waals surface area contributed by atoms with Gasteiger partial charge in [0.15, 0.2) is 0 Å². The normalized spacial score (nSPS) is 12.6. The Kier molecular flexibility index (Phi) is 4.43. The van der Waals surface area contributed by atoms with Crippen LogP contribution in [0.5, 0.6) is 0 Å². The predicted molar refractivity (Wildman–Crippen MR) is 53.3 cm³/mol. The smallest absolute Gasteiger partial charge is 0.123 e. The molecule has 62 valence electrons. The number of hydrazine groups is 1. The van der Waals surface area contributed by atoms with Gasteiger partial charge in [-0.3, -0.25) is 9.35 Å². The van der Waals surface area contributed by atoms with E-state index >= 15 is 0 Å². The minimum absolute atomic E-state index is 0.585. The van der Waals surface area contributed by atoms with Gasteiger partial charge in [0, 0.05) is 0 Å². The van der Waals surface area contributed by atoms with Crippen molar-refractivity contribution in [2.45, 2.75) is 26.2 Å². The first-order chi connectivity index (χ1) is 4.46. The standard InChI is InChI=1S/C6H20N2Si2/c1-7(9(3)4)8(2)10(5)6/h9-10H,1-6H3. The summed E-state index contributed by atoms with van der Waals surface area (Å²) in [7, 11) is 3.26. The van der Waals surface area contributed by atoms with Gasteiger partial charge in [0.1, 0.15) is 17.9 Å². The summed E-state index contributed by atoms with van der Waals surface area (Å²) in [6, 6.07) is 0. The second-order valence-corrected chi connectivity index (χ2v) is 9.20. The summed E-state index contributed by atoms with van der Waals surface area (Å²) in [5.41, 5.74) is 0. The summed E-state index contributed by atoms with van der Waals surface area (Å²) in [5, 5.41) is 0. The molecule has 10 heavy (non-hydrogen) atoms. The molecule has 0 saturated heterocycles. The van der Waals surface area contributed by atoms with Gasteiger partial charge in [0.05, 0.1) is 0 Å². The number of hydrogen-bond donors (Lipinski definition) is 0. The topological polar surface area (TPSA) is 6.48 Å². The maximum Gasteiger partial charge on any atom is 0.123 e. The summed E-state index contributed by atoms with van der Waals surface area (Å²) in [6.07, 6.45) is 0. The van der Waals surface area contributed by atoms with E-state index in [9.17, 15) is 0 Å². The SMILES string of the molecule is CN(N(C)[SiH](C)C)[SiH](C)C. The fourth-order valence-corrected chi connectivity index (χ4v) is 3.79. The van der Waals surface area contributed by atoms with Crippen LogP contribution in [0.3, 0.4) is 0 Å². The molecule has 0 N–H and O–H groups in total. The summed E-state index contributed by atoms with van der Waals surface area (Å²) in [6.45, 7) is 9.42. The van der Waals surface area contributed by atoms with Crippen LogP contribution in [0, 0.1) is 0 Å². The molecular weight excluding hydrogens is 156 g/mol. The molecule has 0 aromatic heterocycles. The van der Waals surface area contributed by atoms with Crippen molar-refractivity contribution in [2.75, 3.05) is 14.1 Å². The van der Waals surface area contributed by atoms with Crippen LogP contribution in [-0.4, -0.2) is 41.4 Å². The van der Waals surface area contributed by atoms with Crippen molar-refractivity contribution >= 4 is 17.9 Å². The van der Waals surface area contributed by atoms with E-state index < -0.39 is 17.9 Å². The van der Waals surface area contributed by atoms with Gasteiger partial charge in [-0.05, 0) is 14.1 Å². The van der Waals surface area contributed by atoms with Gasteiger partial charge in [-0.2, -0.15) is 0 Å². The van der Waals surface area contributed by atoms with Gasteiger partial charge in [-0.1, -0.05) is 26.2 Å². The van der Waals surface area contributed by atoms with Crippen LogP contribution in [0.15, 0.2) is 0 Å². The maximum atomic E-state index is 2.44.